The van der Waals surface area contributed by atoms with Crippen molar-refractivity contribution in [1.82, 2.24) is 0 Å². The van der Waals surface area contributed by atoms with Crippen LogP contribution in [0.5, 0.6) is 46.0 Å². The molecule has 9 nitrogen and oxygen atoms in total. The molecular formula is C44H28O9. The second-order valence-electron chi connectivity index (χ2n) is 12.9. The minimum Gasteiger partial charge on any atom is -0.504 e. The second kappa shape index (κ2) is 11.5. The third-order valence-electron chi connectivity index (χ3n) is 9.89. The van der Waals surface area contributed by atoms with Crippen molar-refractivity contribution < 1.29 is 45.3 Å². The molecule has 0 bridgehead atoms. The molecule has 0 aliphatic carbocycles. The molecule has 0 atom stereocenters. The summed E-state index contributed by atoms with van der Waals surface area (Å²) in [5.41, 5.74) is 4.72. The molecule has 258 valence electrons. The zero-order valence-corrected chi connectivity index (χ0v) is 27.5. The fourth-order valence-corrected chi connectivity index (χ4v) is 7.44. The molecule has 0 spiro atoms. The molecule has 0 unspecified atom stereocenters. The summed E-state index contributed by atoms with van der Waals surface area (Å²) in [6.45, 7) is 0. The third kappa shape index (κ3) is 4.57. The lowest BCUT2D eigenvalue weighted by molar-refractivity contribution is 0.350. The number of furan rings is 1. The fraction of sp³-hybridized carbons (Fsp3) is 0. The zero-order chi connectivity index (χ0) is 36.7. The summed E-state index contributed by atoms with van der Waals surface area (Å²) < 4.78 is 6.02. The first-order valence-electron chi connectivity index (χ1n) is 16.6. The van der Waals surface area contributed by atoms with Crippen molar-refractivity contribution in [3.8, 4) is 90.5 Å². The zero-order valence-electron chi connectivity index (χ0n) is 27.5. The molecule has 0 saturated carbocycles. The average Bonchev–Trinajstić information content (AvgIpc) is 3.58. The first-order chi connectivity index (χ1) is 25.6. The van der Waals surface area contributed by atoms with Crippen LogP contribution in [0.25, 0.3) is 88.0 Å². The van der Waals surface area contributed by atoms with Crippen molar-refractivity contribution in [3.63, 3.8) is 0 Å². The van der Waals surface area contributed by atoms with E-state index in [1.54, 1.807) is 36.4 Å². The summed E-state index contributed by atoms with van der Waals surface area (Å²) in [6.07, 6.45) is 0. The number of hydrogen-bond donors (Lipinski definition) is 8. The van der Waals surface area contributed by atoms with Gasteiger partial charge in [0, 0.05) is 43.4 Å². The second-order valence-corrected chi connectivity index (χ2v) is 12.9. The summed E-state index contributed by atoms with van der Waals surface area (Å²) in [6, 6.07) is 36.7. The van der Waals surface area contributed by atoms with E-state index in [2.05, 4.69) is 0 Å². The summed E-state index contributed by atoms with van der Waals surface area (Å²) in [7, 11) is 0. The highest BCUT2D eigenvalue weighted by Gasteiger charge is 2.32. The molecule has 0 aliphatic heterocycles. The Bertz CT molecular complexity index is 2830. The molecule has 53 heavy (non-hydrogen) atoms. The van der Waals surface area contributed by atoms with E-state index >= 15 is 0 Å². The van der Waals surface area contributed by atoms with E-state index in [0.29, 0.717) is 38.8 Å². The Balaban J connectivity index is 1.52. The van der Waals surface area contributed by atoms with Crippen LogP contribution < -0.4 is 0 Å². The number of rotatable bonds is 4. The number of benzene rings is 8. The molecule has 9 rings (SSSR count). The van der Waals surface area contributed by atoms with E-state index < -0.39 is 46.0 Å². The molecule has 9 heteroatoms. The van der Waals surface area contributed by atoms with Gasteiger partial charge in [0.05, 0.1) is 0 Å². The van der Waals surface area contributed by atoms with Crippen LogP contribution in [0.4, 0.5) is 0 Å². The highest BCUT2D eigenvalue weighted by atomic mass is 16.4. The van der Waals surface area contributed by atoms with Gasteiger partial charge in [-0.15, -0.1) is 0 Å². The van der Waals surface area contributed by atoms with Crippen molar-refractivity contribution in [2.24, 2.45) is 0 Å². The first kappa shape index (κ1) is 31.5. The highest BCUT2D eigenvalue weighted by Crippen LogP contribution is 2.62. The summed E-state index contributed by atoms with van der Waals surface area (Å²) >= 11 is 0. The number of hydrogen-bond acceptors (Lipinski definition) is 9. The van der Waals surface area contributed by atoms with Crippen LogP contribution in [0.3, 0.4) is 0 Å². The van der Waals surface area contributed by atoms with E-state index in [1.165, 1.54) is 0 Å². The third-order valence-corrected chi connectivity index (χ3v) is 9.89. The van der Waals surface area contributed by atoms with Crippen LogP contribution in [0.2, 0.25) is 0 Å². The lowest BCUT2D eigenvalue weighted by Gasteiger charge is -2.23. The topological polar surface area (TPSA) is 175 Å². The molecule has 0 aliphatic rings. The molecular weight excluding hydrogens is 672 g/mol. The Kier molecular flexibility index (Phi) is 6.83. The molecule has 0 radical (unpaired) electrons. The average molecular weight is 701 g/mol. The number of aromatic hydroxyl groups is 8. The van der Waals surface area contributed by atoms with Gasteiger partial charge in [0.15, 0.2) is 23.0 Å². The molecule has 9 aromatic rings. The Morgan fingerprint density at radius 3 is 1.17 bits per heavy atom. The molecule has 8 N–H and O–H groups in total. The molecule has 1 aromatic heterocycles. The maximum Gasteiger partial charge on any atom is 0.204 e. The summed E-state index contributed by atoms with van der Waals surface area (Å²) in [4.78, 5) is 0. The van der Waals surface area contributed by atoms with Crippen LogP contribution in [0.1, 0.15) is 0 Å². The Hall–Kier alpha value is -7.52. The van der Waals surface area contributed by atoms with Crippen LogP contribution in [0, 0.1) is 0 Å². The highest BCUT2D eigenvalue weighted by molar-refractivity contribution is 6.29. The van der Waals surface area contributed by atoms with Gasteiger partial charge in [0.2, 0.25) is 23.0 Å². The smallest absolute Gasteiger partial charge is 0.204 e. The normalized spacial score (nSPS) is 11.6. The van der Waals surface area contributed by atoms with Gasteiger partial charge in [0.1, 0.15) is 11.2 Å². The van der Waals surface area contributed by atoms with Crippen LogP contribution >= 0.6 is 0 Å². The lowest BCUT2D eigenvalue weighted by atomic mass is 9.82. The molecule has 0 fully saturated rings. The fourth-order valence-electron chi connectivity index (χ4n) is 7.44. The maximum atomic E-state index is 11.8. The minimum atomic E-state index is -1.04. The van der Waals surface area contributed by atoms with E-state index in [4.69, 9.17) is 4.42 Å². The predicted octanol–water partition coefficient (Wildman–Crippen LogP) is 10.2. The van der Waals surface area contributed by atoms with Gasteiger partial charge in [-0.05, 0) is 69.8 Å². The minimum absolute atomic E-state index is 0.0326. The van der Waals surface area contributed by atoms with Crippen LogP contribution in [-0.2, 0) is 0 Å². The standard InChI is InChI=1S/C44H28O9/c45-37-33-31(23-15-16-30-28(20-23)27-13-7-8-14-29(27)53-30)34-36(40(48)44(52)42(50)38(34)46)32(35(33)39(47)43(51)41(37)49)26-18-24(21-9-3-1-4-10-21)17-25(19-26)22-11-5-2-6-12-22/h1-20,45-52H. The quantitative estimate of drug-likeness (QED) is 0.0504. The molecule has 0 amide bonds. The number of phenols is 8. The SMILES string of the molecule is Oc1c(O)c(O)c2c(-c3ccc4oc5ccccc5c4c3)c3c(O)c(O)c(O)c(O)c3c(-c3cc(-c4ccccc4)cc(-c4ccccc4)c3)c2c1O. The molecule has 0 saturated heterocycles. The number of phenolic OH excluding ortho intramolecular Hbond substituents is 8. The number of fused-ring (bicyclic) bond motifs is 5. The summed E-state index contributed by atoms with van der Waals surface area (Å²) in [5, 5.41) is 91.6. The Morgan fingerprint density at radius 2 is 0.679 bits per heavy atom. The van der Waals surface area contributed by atoms with E-state index in [-0.39, 0.29) is 32.7 Å². The van der Waals surface area contributed by atoms with Gasteiger partial charge in [-0.25, -0.2) is 0 Å². The molecule has 8 aromatic carbocycles. The monoisotopic (exact) mass is 700 g/mol. The van der Waals surface area contributed by atoms with Crippen molar-refractivity contribution in [3.05, 3.63) is 121 Å². The Morgan fingerprint density at radius 1 is 0.283 bits per heavy atom. The van der Waals surface area contributed by atoms with Crippen molar-refractivity contribution in [2.75, 3.05) is 0 Å². The Labute approximate surface area is 300 Å². The van der Waals surface area contributed by atoms with Crippen LogP contribution in [0.15, 0.2) is 126 Å². The number of para-hydroxylation sites is 1. The lowest BCUT2D eigenvalue weighted by Crippen LogP contribution is -1.95. The van der Waals surface area contributed by atoms with Gasteiger partial charge < -0.3 is 45.3 Å². The van der Waals surface area contributed by atoms with Gasteiger partial charge in [-0.3, -0.25) is 0 Å². The maximum absolute atomic E-state index is 11.8. The van der Waals surface area contributed by atoms with E-state index in [9.17, 15) is 40.9 Å². The predicted molar refractivity (Wildman–Crippen MR) is 204 cm³/mol. The summed E-state index contributed by atoms with van der Waals surface area (Å²) in [5.74, 6) is -7.53. The van der Waals surface area contributed by atoms with Crippen molar-refractivity contribution >= 4 is 43.5 Å². The van der Waals surface area contributed by atoms with Crippen molar-refractivity contribution in [2.45, 2.75) is 0 Å². The largest absolute Gasteiger partial charge is 0.504 e. The van der Waals surface area contributed by atoms with E-state index in [1.807, 2.05) is 84.9 Å². The van der Waals surface area contributed by atoms with Crippen LogP contribution in [-0.4, -0.2) is 40.9 Å². The molecule has 1 heterocycles. The first-order valence-corrected chi connectivity index (χ1v) is 16.6. The van der Waals surface area contributed by atoms with Gasteiger partial charge in [0.25, 0.3) is 0 Å². The van der Waals surface area contributed by atoms with Gasteiger partial charge >= 0.3 is 0 Å². The van der Waals surface area contributed by atoms with Gasteiger partial charge in [-0.1, -0.05) is 84.9 Å². The van der Waals surface area contributed by atoms with E-state index in [0.717, 1.165) is 16.5 Å². The van der Waals surface area contributed by atoms with Crippen molar-refractivity contribution in [1.29, 1.82) is 0 Å². The van der Waals surface area contributed by atoms with Gasteiger partial charge in [-0.2, -0.15) is 0 Å².